The van der Waals surface area contributed by atoms with Crippen LogP contribution >= 0.6 is 0 Å². The van der Waals surface area contributed by atoms with Crippen molar-refractivity contribution in [3.63, 3.8) is 0 Å². The summed E-state index contributed by atoms with van der Waals surface area (Å²) in [6.45, 7) is 21.4. The standard InChI is InChI=1S/C20H43N3/c1-17(2)7-9-19(5)21-11-12-22-13-15-23(16-14-22)20(6)10-8-18(3)4/h17-21H,7-16H2,1-6H3. The van der Waals surface area contributed by atoms with Crippen molar-refractivity contribution in [3.8, 4) is 0 Å². The normalized spacial score (nSPS) is 20.3. The van der Waals surface area contributed by atoms with E-state index in [0.717, 1.165) is 24.4 Å². The van der Waals surface area contributed by atoms with Gasteiger partial charge >= 0.3 is 0 Å². The van der Waals surface area contributed by atoms with Crippen LogP contribution in [0.2, 0.25) is 0 Å². The maximum Gasteiger partial charge on any atom is 0.0113 e. The Hall–Kier alpha value is -0.120. The van der Waals surface area contributed by atoms with E-state index in [1.54, 1.807) is 0 Å². The van der Waals surface area contributed by atoms with Crippen molar-refractivity contribution in [2.75, 3.05) is 39.3 Å². The van der Waals surface area contributed by atoms with E-state index in [1.165, 1.54) is 58.4 Å². The number of hydrogen-bond donors (Lipinski definition) is 1. The lowest BCUT2D eigenvalue weighted by Gasteiger charge is -2.38. The molecule has 3 nitrogen and oxygen atoms in total. The fourth-order valence-corrected chi connectivity index (χ4v) is 3.34. The number of rotatable bonds is 11. The number of nitrogens with one attached hydrogen (secondary N) is 1. The van der Waals surface area contributed by atoms with Gasteiger partial charge < -0.3 is 5.32 Å². The summed E-state index contributed by atoms with van der Waals surface area (Å²) in [6, 6.07) is 1.42. The molecular weight excluding hydrogens is 282 g/mol. The Kier molecular flexibility index (Phi) is 10.4. The molecule has 0 aliphatic carbocycles. The van der Waals surface area contributed by atoms with Gasteiger partial charge in [-0.25, -0.2) is 0 Å². The molecule has 0 bridgehead atoms. The number of nitrogens with zero attached hydrogens (tertiary/aromatic N) is 2. The summed E-state index contributed by atoms with van der Waals surface area (Å²) in [5, 5.41) is 3.70. The summed E-state index contributed by atoms with van der Waals surface area (Å²) < 4.78 is 0. The average molecular weight is 326 g/mol. The molecule has 2 atom stereocenters. The van der Waals surface area contributed by atoms with Crippen molar-refractivity contribution in [3.05, 3.63) is 0 Å². The molecule has 0 aromatic heterocycles. The molecule has 23 heavy (non-hydrogen) atoms. The van der Waals surface area contributed by atoms with Crippen LogP contribution < -0.4 is 5.32 Å². The lowest BCUT2D eigenvalue weighted by atomic mass is 10.0. The Labute approximate surface area is 146 Å². The average Bonchev–Trinajstić information content (AvgIpc) is 2.51. The van der Waals surface area contributed by atoms with Gasteiger partial charge in [0.2, 0.25) is 0 Å². The molecule has 1 saturated heterocycles. The predicted molar refractivity (Wildman–Crippen MR) is 103 cm³/mol. The molecule has 0 spiro atoms. The van der Waals surface area contributed by atoms with E-state index in [1.807, 2.05) is 0 Å². The van der Waals surface area contributed by atoms with E-state index < -0.39 is 0 Å². The number of piperazine rings is 1. The second kappa shape index (κ2) is 11.4. The zero-order chi connectivity index (χ0) is 17.2. The minimum atomic E-state index is 0.662. The first-order chi connectivity index (χ1) is 10.9. The SMILES string of the molecule is CC(C)CCC(C)NCCN1CCN(C(C)CCC(C)C)CC1. The zero-order valence-corrected chi connectivity index (χ0v) is 16.8. The first-order valence-corrected chi connectivity index (χ1v) is 10.1. The maximum absolute atomic E-state index is 3.70. The van der Waals surface area contributed by atoms with E-state index in [0.29, 0.717) is 6.04 Å². The minimum absolute atomic E-state index is 0.662. The van der Waals surface area contributed by atoms with E-state index >= 15 is 0 Å². The molecule has 138 valence electrons. The molecule has 1 heterocycles. The van der Waals surface area contributed by atoms with Crippen LogP contribution in [0.15, 0.2) is 0 Å². The van der Waals surface area contributed by atoms with Gasteiger partial charge in [0, 0.05) is 51.4 Å². The molecule has 0 saturated carbocycles. The van der Waals surface area contributed by atoms with Gasteiger partial charge in [-0.2, -0.15) is 0 Å². The molecule has 0 aromatic carbocycles. The second-order valence-corrected chi connectivity index (χ2v) is 8.52. The Morgan fingerprint density at radius 1 is 0.739 bits per heavy atom. The molecule has 0 aromatic rings. The largest absolute Gasteiger partial charge is 0.313 e. The lowest BCUT2D eigenvalue weighted by molar-refractivity contribution is 0.0965. The fourth-order valence-electron chi connectivity index (χ4n) is 3.34. The van der Waals surface area contributed by atoms with Crippen LogP contribution in [-0.4, -0.2) is 61.2 Å². The summed E-state index contributed by atoms with van der Waals surface area (Å²) in [5.41, 5.74) is 0. The van der Waals surface area contributed by atoms with Crippen LogP contribution in [0.5, 0.6) is 0 Å². The van der Waals surface area contributed by atoms with Crippen LogP contribution in [0, 0.1) is 11.8 Å². The van der Waals surface area contributed by atoms with Crippen molar-refractivity contribution < 1.29 is 0 Å². The first-order valence-electron chi connectivity index (χ1n) is 10.1. The van der Waals surface area contributed by atoms with E-state index in [4.69, 9.17) is 0 Å². The molecule has 0 amide bonds. The first kappa shape index (κ1) is 20.9. The van der Waals surface area contributed by atoms with Gasteiger partial charge in [-0.15, -0.1) is 0 Å². The summed E-state index contributed by atoms with van der Waals surface area (Å²) in [7, 11) is 0. The lowest BCUT2D eigenvalue weighted by Crippen LogP contribution is -2.51. The van der Waals surface area contributed by atoms with Gasteiger partial charge in [0.25, 0.3) is 0 Å². The topological polar surface area (TPSA) is 18.5 Å². The molecule has 1 rings (SSSR count). The predicted octanol–water partition coefficient (Wildman–Crippen LogP) is 3.84. The van der Waals surface area contributed by atoms with Crippen molar-refractivity contribution >= 4 is 0 Å². The Morgan fingerprint density at radius 2 is 1.30 bits per heavy atom. The Morgan fingerprint density at radius 3 is 1.87 bits per heavy atom. The quantitative estimate of drug-likeness (QED) is 0.622. The van der Waals surface area contributed by atoms with Crippen LogP contribution in [0.4, 0.5) is 0 Å². The van der Waals surface area contributed by atoms with E-state index in [2.05, 4.69) is 56.7 Å². The van der Waals surface area contributed by atoms with Gasteiger partial charge in [-0.3, -0.25) is 9.80 Å². The van der Waals surface area contributed by atoms with Gasteiger partial charge in [0.05, 0.1) is 0 Å². The molecule has 1 aliphatic rings. The van der Waals surface area contributed by atoms with Gasteiger partial charge in [0.1, 0.15) is 0 Å². The summed E-state index contributed by atoms with van der Waals surface area (Å²) >= 11 is 0. The van der Waals surface area contributed by atoms with Crippen molar-refractivity contribution in [1.29, 1.82) is 0 Å². The third kappa shape index (κ3) is 9.69. The van der Waals surface area contributed by atoms with Crippen molar-refractivity contribution in [2.45, 2.75) is 79.3 Å². The highest BCUT2D eigenvalue weighted by Crippen LogP contribution is 2.14. The van der Waals surface area contributed by atoms with Gasteiger partial charge in [-0.1, -0.05) is 27.7 Å². The fraction of sp³-hybridized carbons (Fsp3) is 1.00. The smallest absolute Gasteiger partial charge is 0.0113 e. The van der Waals surface area contributed by atoms with Gasteiger partial charge in [-0.05, 0) is 51.4 Å². The zero-order valence-electron chi connectivity index (χ0n) is 16.8. The molecule has 3 heteroatoms. The summed E-state index contributed by atoms with van der Waals surface area (Å²) in [6.07, 6.45) is 5.35. The number of hydrogen-bond acceptors (Lipinski definition) is 3. The van der Waals surface area contributed by atoms with Gasteiger partial charge in [0.15, 0.2) is 0 Å². The Bertz CT molecular complexity index is 280. The van der Waals surface area contributed by atoms with E-state index in [-0.39, 0.29) is 0 Å². The van der Waals surface area contributed by atoms with E-state index in [9.17, 15) is 0 Å². The molecule has 2 unspecified atom stereocenters. The van der Waals surface area contributed by atoms with Crippen LogP contribution in [0.25, 0.3) is 0 Å². The summed E-state index contributed by atoms with van der Waals surface area (Å²) in [5.74, 6) is 1.66. The third-order valence-electron chi connectivity index (χ3n) is 5.29. The van der Waals surface area contributed by atoms with Crippen LogP contribution in [0.1, 0.15) is 67.2 Å². The molecule has 1 aliphatic heterocycles. The maximum atomic E-state index is 3.70. The van der Waals surface area contributed by atoms with Crippen LogP contribution in [0.3, 0.4) is 0 Å². The van der Waals surface area contributed by atoms with Crippen molar-refractivity contribution in [2.24, 2.45) is 11.8 Å². The minimum Gasteiger partial charge on any atom is -0.313 e. The second-order valence-electron chi connectivity index (χ2n) is 8.52. The third-order valence-corrected chi connectivity index (χ3v) is 5.29. The highest BCUT2D eigenvalue weighted by Gasteiger charge is 2.20. The molecular formula is C20H43N3. The molecule has 0 radical (unpaired) electrons. The van der Waals surface area contributed by atoms with Crippen LogP contribution in [-0.2, 0) is 0 Å². The molecule has 1 fully saturated rings. The highest BCUT2D eigenvalue weighted by molar-refractivity contribution is 4.77. The summed E-state index contributed by atoms with van der Waals surface area (Å²) in [4.78, 5) is 5.32. The molecule has 1 N–H and O–H groups in total. The highest BCUT2D eigenvalue weighted by atomic mass is 15.3. The Balaban J connectivity index is 2.09. The monoisotopic (exact) mass is 325 g/mol. The van der Waals surface area contributed by atoms with Crippen molar-refractivity contribution in [1.82, 2.24) is 15.1 Å².